The molecule has 0 aromatic heterocycles. The van der Waals surface area contributed by atoms with Crippen LogP contribution in [0.15, 0.2) is 30.0 Å². The number of carbonyl (C=O) groups is 3. The fourth-order valence-corrected chi connectivity index (χ4v) is 2.52. The number of allylic oxidation sites excluding steroid dienone is 1. The number of ether oxygens (including phenoxy) is 2. The topological polar surface area (TPSA) is 81.7 Å². The summed E-state index contributed by atoms with van der Waals surface area (Å²) in [5, 5.41) is 2.81. The number of amides is 1. The highest BCUT2D eigenvalue weighted by Crippen LogP contribution is 2.26. The van der Waals surface area contributed by atoms with E-state index in [2.05, 4.69) is 5.32 Å². The summed E-state index contributed by atoms with van der Waals surface area (Å²) in [6, 6.07) is 4.45. The summed E-state index contributed by atoms with van der Waals surface area (Å²) in [5.41, 5.74) is -0.265. The van der Waals surface area contributed by atoms with Gasteiger partial charge in [-0.3, -0.25) is 9.59 Å². The van der Waals surface area contributed by atoms with Crippen LogP contribution in [0.4, 0.5) is 5.69 Å². The Morgan fingerprint density at radius 3 is 2.60 bits per heavy atom. The largest absolute Gasteiger partial charge is 0.481 e. The summed E-state index contributed by atoms with van der Waals surface area (Å²) in [4.78, 5) is 36.1. The molecular weight excluding hydrogens is 346 g/mol. The first-order chi connectivity index (χ1) is 11.6. The molecule has 0 unspecified atom stereocenters. The summed E-state index contributed by atoms with van der Waals surface area (Å²) in [7, 11) is 0. The van der Waals surface area contributed by atoms with E-state index in [1.807, 2.05) is 0 Å². The fourth-order valence-electron chi connectivity index (χ4n) is 2.32. The van der Waals surface area contributed by atoms with Gasteiger partial charge < -0.3 is 14.8 Å². The van der Waals surface area contributed by atoms with Gasteiger partial charge in [-0.2, -0.15) is 0 Å². The van der Waals surface area contributed by atoms with Gasteiger partial charge in [0.25, 0.3) is 5.91 Å². The molecule has 1 N–H and O–H groups in total. The van der Waals surface area contributed by atoms with Crippen molar-refractivity contribution in [3.8, 4) is 0 Å². The highest BCUT2D eigenvalue weighted by atomic mass is 35.5. The van der Waals surface area contributed by atoms with E-state index < -0.39 is 17.5 Å². The Balaban J connectivity index is 2.19. The van der Waals surface area contributed by atoms with Crippen molar-refractivity contribution < 1.29 is 23.9 Å². The minimum Gasteiger partial charge on any atom is -0.481 e. The van der Waals surface area contributed by atoms with E-state index in [1.165, 1.54) is 18.2 Å². The Morgan fingerprint density at radius 1 is 1.32 bits per heavy atom. The second kappa shape index (κ2) is 7.27. The van der Waals surface area contributed by atoms with Crippen molar-refractivity contribution in [2.24, 2.45) is 0 Å². The minimum absolute atomic E-state index is 0.0671. The molecule has 2 rings (SSSR count). The molecule has 25 heavy (non-hydrogen) atoms. The first-order valence-electron chi connectivity index (χ1n) is 7.83. The zero-order valence-electron chi connectivity index (χ0n) is 14.5. The van der Waals surface area contributed by atoms with Crippen LogP contribution in [-0.4, -0.2) is 29.4 Å². The van der Waals surface area contributed by atoms with Crippen molar-refractivity contribution in [3.05, 3.63) is 40.6 Å². The second-order valence-corrected chi connectivity index (χ2v) is 7.02. The van der Waals surface area contributed by atoms with Gasteiger partial charge in [0, 0.05) is 18.2 Å². The van der Waals surface area contributed by atoms with Crippen LogP contribution >= 0.6 is 11.6 Å². The number of hydrogen-bond donors (Lipinski definition) is 1. The van der Waals surface area contributed by atoms with E-state index in [-0.39, 0.29) is 34.7 Å². The molecule has 0 bridgehead atoms. The van der Waals surface area contributed by atoms with Crippen molar-refractivity contribution in [3.63, 3.8) is 0 Å². The van der Waals surface area contributed by atoms with E-state index in [9.17, 15) is 14.4 Å². The lowest BCUT2D eigenvalue weighted by Gasteiger charge is -2.29. The number of nitrogens with one attached hydrogen (secondary N) is 1. The molecule has 7 heteroatoms. The van der Waals surface area contributed by atoms with Gasteiger partial charge in [0.05, 0.1) is 16.7 Å². The Labute approximate surface area is 151 Å². The molecule has 1 aliphatic rings. The van der Waals surface area contributed by atoms with Crippen molar-refractivity contribution in [2.75, 3.05) is 5.32 Å². The molecular formula is C18H20ClNO5. The molecule has 0 atom stereocenters. The van der Waals surface area contributed by atoms with Gasteiger partial charge in [-0.15, -0.1) is 0 Å². The van der Waals surface area contributed by atoms with Gasteiger partial charge in [-0.05, 0) is 45.9 Å². The summed E-state index contributed by atoms with van der Waals surface area (Å²) in [6.45, 7) is 6.91. The molecule has 6 nitrogen and oxygen atoms in total. The number of anilines is 1. The second-order valence-electron chi connectivity index (χ2n) is 6.62. The fraction of sp³-hybridized carbons (Fsp3) is 0.389. The Bertz CT molecular complexity index is 752. The van der Waals surface area contributed by atoms with Crippen LogP contribution in [0.3, 0.4) is 0 Å². The third-order valence-electron chi connectivity index (χ3n) is 3.29. The third-order valence-corrected chi connectivity index (χ3v) is 3.62. The highest BCUT2D eigenvalue weighted by Gasteiger charge is 2.31. The van der Waals surface area contributed by atoms with Crippen molar-refractivity contribution >= 4 is 34.9 Å². The molecule has 1 amide bonds. The van der Waals surface area contributed by atoms with Crippen LogP contribution < -0.4 is 5.32 Å². The molecule has 1 aromatic rings. The molecule has 134 valence electrons. The molecule has 0 spiro atoms. The number of benzene rings is 1. The van der Waals surface area contributed by atoms with Gasteiger partial charge >= 0.3 is 5.97 Å². The average Bonchev–Trinajstić information content (AvgIpc) is 2.46. The van der Waals surface area contributed by atoms with E-state index in [4.69, 9.17) is 21.1 Å². The molecule has 1 heterocycles. The number of ketones is 1. The molecule has 0 fully saturated rings. The van der Waals surface area contributed by atoms with Crippen LogP contribution in [0.1, 0.15) is 44.5 Å². The predicted molar refractivity (Wildman–Crippen MR) is 93.5 cm³/mol. The van der Waals surface area contributed by atoms with Crippen LogP contribution in [0.2, 0.25) is 5.02 Å². The monoisotopic (exact) mass is 365 g/mol. The van der Waals surface area contributed by atoms with Gasteiger partial charge in [0.1, 0.15) is 5.60 Å². The zero-order valence-corrected chi connectivity index (χ0v) is 15.3. The Hall–Kier alpha value is -2.34. The number of carbonyl (C=O) groups excluding carboxylic acids is 3. The molecule has 0 saturated heterocycles. The van der Waals surface area contributed by atoms with Gasteiger partial charge in [-0.25, -0.2) is 4.79 Å². The van der Waals surface area contributed by atoms with E-state index in [1.54, 1.807) is 33.8 Å². The maximum Gasteiger partial charge on any atom is 0.339 e. The highest BCUT2D eigenvalue weighted by molar-refractivity contribution is 6.33. The lowest BCUT2D eigenvalue weighted by Crippen LogP contribution is -2.34. The molecule has 1 aliphatic heterocycles. The average molecular weight is 366 g/mol. The van der Waals surface area contributed by atoms with Crippen LogP contribution in [0, 0.1) is 0 Å². The molecule has 0 aliphatic carbocycles. The lowest BCUT2D eigenvalue weighted by molar-refractivity contribution is -0.128. The summed E-state index contributed by atoms with van der Waals surface area (Å²) < 4.78 is 10.7. The van der Waals surface area contributed by atoms with E-state index in [0.29, 0.717) is 5.69 Å². The smallest absolute Gasteiger partial charge is 0.339 e. The zero-order chi connectivity index (χ0) is 18.8. The van der Waals surface area contributed by atoms with Crippen molar-refractivity contribution in [1.29, 1.82) is 0 Å². The standard InChI is InChI=1S/C18H20ClNO5/c1-10(2)24-17(23)13-7-11(5-6-14(13)19)20-16(22)15-8-12(21)9-18(3,4)25-15/h5-8,10H,9H2,1-4H3,(H,20,22). The Morgan fingerprint density at radius 2 is 2.00 bits per heavy atom. The predicted octanol–water partition coefficient (Wildman–Crippen LogP) is 3.50. The summed E-state index contributed by atoms with van der Waals surface area (Å²) in [6.07, 6.45) is 1.08. The van der Waals surface area contributed by atoms with Gasteiger partial charge in [0.15, 0.2) is 11.5 Å². The van der Waals surface area contributed by atoms with E-state index >= 15 is 0 Å². The van der Waals surface area contributed by atoms with Crippen LogP contribution in [0.5, 0.6) is 0 Å². The molecule has 0 radical (unpaired) electrons. The maximum absolute atomic E-state index is 12.3. The van der Waals surface area contributed by atoms with Crippen LogP contribution in [0.25, 0.3) is 0 Å². The van der Waals surface area contributed by atoms with Gasteiger partial charge in [0.2, 0.25) is 0 Å². The SMILES string of the molecule is CC(C)OC(=O)c1cc(NC(=O)C2=CC(=O)CC(C)(C)O2)ccc1Cl. The number of esters is 1. The molecule has 1 aromatic carbocycles. The number of hydrogen-bond acceptors (Lipinski definition) is 5. The first kappa shape index (κ1) is 19.0. The van der Waals surface area contributed by atoms with Crippen molar-refractivity contribution in [2.45, 2.75) is 45.8 Å². The lowest BCUT2D eigenvalue weighted by atomic mass is 9.98. The summed E-state index contributed by atoms with van der Waals surface area (Å²) in [5.74, 6) is -1.41. The van der Waals surface area contributed by atoms with Crippen LogP contribution in [-0.2, 0) is 19.1 Å². The van der Waals surface area contributed by atoms with Crippen molar-refractivity contribution in [1.82, 2.24) is 0 Å². The number of rotatable bonds is 4. The Kier molecular flexibility index (Phi) is 5.52. The quantitative estimate of drug-likeness (QED) is 0.826. The summed E-state index contributed by atoms with van der Waals surface area (Å²) >= 11 is 6.02. The molecule has 0 saturated carbocycles. The first-order valence-corrected chi connectivity index (χ1v) is 8.20. The maximum atomic E-state index is 12.3. The number of halogens is 1. The minimum atomic E-state index is -0.745. The normalized spacial score (nSPS) is 16.1. The van der Waals surface area contributed by atoms with Gasteiger partial charge in [-0.1, -0.05) is 11.6 Å². The van der Waals surface area contributed by atoms with E-state index in [0.717, 1.165) is 0 Å². The third kappa shape index (κ3) is 5.06.